The van der Waals surface area contributed by atoms with Crippen molar-refractivity contribution in [1.29, 1.82) is 0 Å². The second-order valence-electron chi connectivity index (χ2n) is 3.57. The largest absolute Gasteiger partial charge is 0.494 e. The van der Waals surface area contributed by atoms with Gasteiger partial charge in [-0.1, -0.05) is 18.2 Å². The zero-order chi connectivity index (χ0) is 12.5. The first-order chi connectivity index (χ1) is 8.31. The average Bonchev–Trinajstić information content (AvgIpc) is 2.37. The van der Waals surface area contributed by atoms with Gasteiger partial charge in [-0.05, 0) is 13.0 Å². The molecule has 1 aromatic carbocycles. The van der Waals surface area contributed by atoms with Gasteiger partial charge in [0.05, 0.1) is 6.61 Å². The van der Waals surface area contributed by atoms with Gasteiger partial charge in [0, 0.05) is 32.9 Å². The highest BCUT2D eigenvalue weighted by Crippen LogP contribution is 2.17. The molecule has 4 nitrogen and oxygen atoms in total. The molecular formula is C13H21NO3. The lowest BCUT2D eigenvalue weighted by Gasteiger charge is -2.15. The third-order valence-electron chi connectivity index (χ3n) is 2.42. The highest BCUT2D eigenvalue weighted by molar-refractivity contribution is 5.33. The maximum Gasteiger partial charge on any atom is 0.169 e. The molecule has 0 bridgehead atoms. The minimum Gasteiger partial charge on any atom is -0.494 e. The summed E-state index contributed by atoms with van der Waals surface area (Å²) in [7, 11) is 3.26. The third kappa shape index (κ3) is 4.73. The number of para-hydroxylation sites is 1. The second-order valence-corrected chi connectivity index (χ2v) is 3.57. The Morgan fingerprint density at radius 2 is 1.88 bits per heavy atom. The Morgan fingerprint density at radius 1 is 1.18 bits per heavy atom. The van der Waals surface area contributed by atoms with Crippen LogP contribution in [0, 0.1) is 0 Å². The van der Waals surface area contributed by atoms with Crippen molar-refractivity contribution in [2.45, 2.75) is 19.8 Å². The van der Waals surface area contributed by atoms with Crippen LogP contribution in [0.25, 0.3) is 0 Å². The predicted octanol–water partition coefficient (Wildman–Crippen LogP) is 1.79. The van der Waals surface area contributed by atoms with Crippen molar-refractivity contribution < 1.29 is 14.2 Å². The van der Waals surface area contributed by atoms with Gasteiger partial charge >= 0.3 is 0 Å². The molecule has 0 saturated carbocycles. The Balaban J connectivity index is 2.45. The molecule has 1 aromatic rings. The van der Waals surface area contributed by atoms with Crippen molar-refractivity contribution in [2.24, 2.45) is 0 Å². The number of nitrogens with one attached hydrogen (secondary N) is 1. The van der Waals surface area contributed by atoms with Gasteiger partial charge in [-0.3, -0.25) is 0 Å². The van der Waals surface area contributed by atoms with E-state index < -0.39 is 0 Å². The van der Waals surface area contributed by atoms with Gasteiger partial charge in [-0.2, -0.15) is 0 Å². The molecule has 0 saturated heterocycles. The predicted molar refractivity (Wildman–Crippen MR) is 67.1 cm³/mol. The number of benzene rings is 1. The first kappa shape index (κ1) is 14.0. The summed E-state index contributed by atoms with van der Waals surface area (Å²) in [6, 6.07) is 8.00. The number of hydrogen-bond donors (Lipinski definition) is 1. The molecule has 0 spiro atoms. The quantitative estimate of drug-likeness (QED) is 0.702. The third-order valence-corrected chi connectivity index (χ3v) is 2.42. The van der Waals surface area contributed by atoms with Crippen LogP contribution < -0.4 is 10.1 Å². The molecule has 0 aliphatic carbocycles. The smallest absolute Gasteiger partial charge is 0.169 e. The maximum absolute atomic E-state index is 5.54. The molecule has 0 fully saturated rings. The van der Waals surface area contributed by atoms with Crippen molar-refractivity contribution in [2.75, 3.05) is 27.4 Å². The Bertz CT molecular complexity index is 313. The van der Waals surface area contributed by atoms with Crippen LogP contribution in [0.4, 0.5) is 0 Å². The summed E-state index contributed by atoms with van der Waals surface area (Å²) in [5.41, 5.74) is 1.14. The van der Waals surface area contributed by atoms with E-state index in [4.69, 9.17) is 14.2 Å². The normalized spacial score (nSPS) is 10.8. The summed E-state index contributed by atoms with van der Waals surface area (Å²) in [5, 5.41) is 3.27. The summed E-state index contributed by atoms with van der Waals surface area (Å²) in [6.07, 6.45) is -0.214. The molecule has 0 atom stereocenters. The fourth-order valence-corrected chi connectivity index (χ4v) is 1.53. The van der Waals surface area contributed by atoms with E-state index in [0.29, 0.717) is 13.2 Å². The van der Waals surface area contributed by atoms with E-state index in [2.05, 4.69) is 5.32 Å². The van der Waals surface area contributed by atoms with Crippen molar-refractivity contribution in [3.05, 3.63) is 29.8 Å². The fraction of sp³-hybridized carbons (Fsp3) is 0.538. The van der Waals surface area contributed by atoms with Crippen LogP contribution in [0.5, 0.6) is 5.75 Å². The molecule has 0 aliphatic rings. The topological polar surface area (TPSA) is 39.7 Å². The number of rotatable bonds is 8. The van der Waals surface area contributed by atoms with Gasteiger partial charge in [-0.25, -0.2) is 0 Å². The standard InChI is InChI=1S/C13H21NO3/c1-4-17-12-8-6-5-7-11(12)9-14-10-13(15-2)16-3/h5-8,13-14H,4,9-10H2,1-3H3. The van der Waals surface area contributed by atoms with E-state index in [0.717, 1.165) is 17.9 Å². The molecule has 1 N–H and O–H groups in total. The van der Waals surface area contributed by atoms with Crippen LogP contribution in [0.15, 0.2) is 24.3 Å². The monoisotopic (exact) mass is 239 g/mol. The average molecular weight is 239 g/mol. The van der Waals surface area contributed by atoms with E-state index in [-0.39, 0.29) is 6.29 Å². The summed E-state index contributed by atoms with van der Waals surface area (Å²) in [5.74, 6) is 0.925. The zero-order valence-electron chi connectivity index (χ0n) is 10.7. The van der Waals surface area contributed by atoms with E-state index in [1.54, 1.807) is 14.2 Å². The molecule has 96 valence electrons. The number of hydrogen-bond acceptors (Lipinski definition) is 4. The van der Waals surface area contributed by atoms with Crippen LogP contribution in [0.2, 0.25) is 0 Å². The van der Waals surface area contributed by atoms with Gasteiger partial charge in [0.1, 0.15) is 5.75 Å². The van der Waals surface area contributed by atoms with Gasteiger partial charge in [0.25, 0.3) is 0 Å². The van der Waals surface area contributed by atoms with Gasteiger partial charge in [0.2, 0.25) is 0 Å². The molecule has 0 aliphatic heterocycles. The fourth-order valence-electron chi connectivity index (χ4n) is 1.53. The van der Waals surface area contributed by atoms with E-state index >= 15 is 0 Å². The number of methoxy groups -OCH3 is 2. The number of ether oxygens (including phenoxy) is 3. The molecular weight excluding hydrogens is 218 g/mol. The van der Waals surface area contributed by atoms with Crippen LogP contribution in [0.1, 0.15) is 12.5 Å². The van der Waals surface area contributed by atoms with Gasteiger partial charge in [0.15, 0.2) is 6.29 Å². The molecule has 0 unspecified atom stereocenters. The molecule has 0 heterocycles. The molecule has 1 rings (SSSR count). The molecule has 17 heavy (non-hydrogen) atoms. The zero-order valence-corrected chi connectivity index (χ0v) is 10.7. The van der Waals surface area contributed by atoms with E-state index in [1.165, 1.54) is 0 Å². The maximum atomic E-state index is 5.54. The van der Waals surface area contributed by atoms with Crippen molar-refractivity contribution in [3.8, 4) is 5.75 Å². The van der Waals surface area contributed by atoms with Gasteiger partial charge < -0.3 is 19.5 Å². The van der Waals surface area contributed by atoms with Gasteiger partial charge in [-0.15, -0.1) is 0 Å². The SMILES string of the molecule is CCOc1ccccc1CNCC(OC)OC. The van der Waals surface area contributed by atoms with Crippen molar-refractivity contribution in [1.82, 2.24) is 5.32 Å². The van der Waals surface area contributed by atoms with E-state index in [1.807, 2.05) is 31.2 Å². The lowest BCUT2D eigenvalue weighted by atomic mass is 10.2. The summed E-state index contributed by atoms with van der Waals surface area (Å²) in [4.78, 5) is 0. The Kier molecular flexibility index (Phi) is 6.62. The van der Waals surface area contributed by atoms with Crippen LogP contribution in [-0.2, 0) is 16.0 Å². The highest BCUT2D eigenvalue weighted by Gasteiger charge is 2.05. The van der Waals surface area contributed by atoms with Crippen LogP contribution >= 0.6 is 0 Å². The Labute approximate surface area is 103 Å². The van der Waals surface area contributed by atoms with Crippen molar-refractivity contribution in [3.63, 3.8) is 0 Å². The van der Waals surface area contributed by atoms with Crippen LogP contribution in [-0.4, -0.2) is 33.7 Å². The minimum atomic E-state index is -0.214. The summed E-state index contributed by atoms with van der Waals surface area (Å²) in [6.45, 7) is 4.04. The molecule has 4 heteroatoms. The highest BCUT2D eigenvalue weighted by atomic mass is 16.7. The Hall–Kier alpha value is -1.10. The van der Waals surface area contributed by atoms with Crippen molar-refractivity contribution >= 4 is 0 Å². The molecule has 0 amide bonds. The first-order valence-electron chi connectivity index (χ1n) is 5.78. The lowest BCUT2D eigenvalue weighted by molar-refractivity contribution is -0.0989. The second kappa shape index (κ2) is 8.06. The van der Waals surface area contributed by atoms with Crippen LogP contribution in [0.3, 0.4) is 0 Å². The first-order valence-corrected chi connectivity index (χ1v) is 5.78. The Morgan fingerprint density at radius 3 is 2.53 bits per heavy atom. The lowest BCUT2D eigenvalue weighted by Crippen LogP contribution is -2.29. The minimum absolute atomic E-state index is 0.214. The molecule has 0 radical (unpaired) electrons. The van der Waals surface area contributed by atoms with E-state index in [9.17, 15) is 0 Å². The molecule has 0 aromatic heterocycles. The summed E-state index contributed by atoms with van der Waals surface area (Å²) < 4.78 is 15.7. The summed E-state index contributed by atoms with van der Waals surface area (Å²) >= 11 is 0.